The van der Waals surface area contributed by atoms with Gasteiger partial charge in [-0.1, -0.05) is 13.8 Å². The monoisotopic (exact) mass is 216 g/mol. The van der Waals surface area contributed by atoms with E-state index >= 15 is 0 Å². The highest BCUT2D eigenvalue weighted by atomic mass is 79.9. The van der Waals surface area contributed by atoms with Gasteiger partial charge in [-0.05, 0) is 28.3 Å². The van der Waals surface area contributed by atoms with Crippen molar-refractivity contribution in [2.24, 2.45) is 13.0 Å². The number of hydrogen-bond donors (Lipinski definition) is 0. The second kappa shape index (κ2) is 3.39. The summed E-state index contributed by atoms with van der Waals surface area (Å²) in [7, 11) is 2.02. The van der Waals surface area contributed by atoms with Crippen molar-refractivity contribution in [2.75, 3.05) is 0 Å². The standard InChI is InChI=1S/C8H13BrN2/c1-6(2)4-7-5-10-8(9)11(7)3/h5-6H,4H2,1-3H3. The van der Waals surface area contributed by atoms with Gasteiger partial charge in [0.25, 0.3) is 0 Å². The van der Waals surface area contributed by atoms with E-state index in [2.05, 4.69) is 39.3 Å². The maximum absolute atomic E-state index is 4.15. The molecule has 3 heteroatoms. The van der Waals surface area contributed by atoms with Crippen LogP contribution in [0.1, 0.15) is 19.5 Å². The van der Waals surface area contributed by atoms with Crippen molar-refractivity contribution in [1.29, 1.82) is 0 Å². The van der Waals surface area contributed by atoms with E-state index < -0.39 is 0 Å². The molecule has 62 valence electrons. The Morgan fingerprint density at radius 2 is 2.27 bits per heavy atom. The van der Waals surface area contributed by atoms with Crippen LogP contribution >= 0.6 is 15.9 Å². The van der Waals surface area contributed by atoms with Crippen molar-refractivity contribution >= 4 is 15.9 Å². The van der Waals surface area contributed by atoms with Gasteiger partial charge in [0.2, 0.25) is 0 Å². The first-order valence-corrected chi connectivity index (χ1v) is 4.56. The quantitative estimate of drug-likeness (QED) is 0.743. The van der Waals surface area contributed by atoms with Crippen LogP contribution in [0.2, 0.25) is 0 Å². The molecule has 0 bridgehead atoms. The lowest BCUT2D eigenvalue weighted by molar-refractivity contribution is 0.614. The number of aromatic nitrogens is 2. The van der Waals surface area contributed by atoms with Gasteiger partial charge in [-0.2, -0.15) is 0 Å². The first kappa shape index (κ1) is 8.78. The summed E-state index contributed by atoms with van der Waals surface area (Å²) in [6.45, 7) is 4.42. The molecule has 0 atom stereocenters. The van der Waals surface area contributed by atoms with E-state index in [4.69, 9.17) is 0 Å². The maximum Gasteiger partial charge on any atom is 0.177 e. The molecule has 0 aromatic carbocycles. The van der Waals surface area contributed by atoms with Crippen molar-refractivity contribution in [3.63, 3.8) is 0 Å². The zero-order valence-corrected chi connectivity index (χ0v) is 8.72. The molecule has 0 radical (unpaired) electrons. The topological polar surface area (TPSA) is 17.8 Å². The second-order valence-corrected chi connectivity index (χ2v) is 3.88. The van der Waals surface area contributed by atoms with Crippen molar-refractivity contribution in [3.8, 4) is 0 Å². The van der Waals surface area contributed by atoms with Crippen LogP contribution in [0.5, 0.6) is 0 Å². The van der Waals surface area contributed by atoms with Gasteiger partial charge in [0.15, 0.2) is 4.73 Å². The average Bonchev–Trinajstić information content (AvgIpc) is 2.18. The third-order valence-electron chi connectivity index (χ3n) is 1.65. The molecule has 1 heterocycles. The van der Waals surface area contributed by atoms with Crippen LogP contribution in [0.15, 0.2) is 10.9 Å². The number of rotatable bonds is 2. The van der Waals surface area contributed by atoms with E-state index in [1.165, 1.54) is 5.69 Å². The van der Waals surface area contributed by atoms with E-state index in [1.807, 2.05) is 13.2 Å². The summed E-state index contributed by atoms with van der Waals surface area (Å²) in [5.74, 6) is 0.692. The SMILES string of the molecule is CC(C)Cc1cnc(Br)n1C. The fourth-order valence-electron chi connectivity index (χ4n) is 1.03. The second-order valence-electron chi connectivity index (χ2n) is 3.18. The minimum atomic E-state index is 0.692. The Kier molecular flexibility index (Phi) is 2.71. The molecule has 0 N–H and O–H groups in total. The van der Waals surface area contributed by atoms with E-state index in [9.17, 15) is 0 Å². The molecule has 11 heavy (non-hydrogen) atoms. The Morgan fingerprint density at radius 1 is 1.64 bits per heavy atom. The molecular formula is C8H13BrN2. The van der Waals surface area contributed by atoms with Crippen molar-refractivity contribution in [2.45, 2.75) is 20.3 Å². The maximum atomic E-state index is 4.15. The number of hydrogen-bond acceptors (Lipinski definition) is 1. The molecule has 1 aromatic rings. The van der Waals surface area contributed by atoms with E-state index in [0.29, 0.717) is 5.92 Å². The highest BCUT2D eigenvalue weighted by Crippen LogP contribution is 2.12. The zero-order chi connectivity index (χ0) is 8.43. The van der Waals surface area contributed by atoms with Crippen LogP contribution < -0.4 is 0 Å². The average molecular weight is 217 g/mol. The Bertz CT molecular complexity index is 240. The van der Waals surface area contributed by atoms with Gasteiger partial charge in [0.05, 0.1) is 0 Å². The molecule has 2 nitrogen and oxygen atoms in total. The normalized spacial score (nSPS) is 11.0. The summed E-state index contributed by atoms with van der Waals surface area (Å²) < 4.78 is 2.98. The minimum Gasteiger partial charge on any atom is -0.326 e. The van der Waals surface area contributed by atoms with Crippen LogP contribution in [0.25, 0.3) is 0 Å². The molecule has 0 spiro atoms. The molecule has 0 fully saturated rings. The van der Waals surface area contributed by atoms with Crippen LogP contribution in [-0.4, -0.2) is 9.55 Å². The van der Waals surface area contributed by atoms with Crippen LogP contribution in [0, 0.1) is 5.92 Å². The predicted molar refractivity (Wildman–Crippen MR) is 49.5 cm³/mol. The summed E-state index contributed by atoms with van der Waals surface area (Å²) in [6.07, 6.45) is 3.01. The van der Waals surface area contributed by atoms with Gasteiger partial charge in [-0.15, -0.1) is 0 Å². The highest BCUT2D eigenvalue weighted by Gasteiger charge is 2.04. The summed E-state index contributed by atoms with van der Waals surface area (Å²) in [4.78, 5) is 4.15. The summed E-state index contributed by atoms with van der Waals surface area (Å²) in [5, 5.41) is 0. The van der Waals surface area contributed by atoms with Gasteiger partial charge in [0, 0.05) is 18.9 Å². The van der Waals surface area contributed by atoms with Crippen molar-refractivity contribution < 1.29 is 0 Å². The van der Waals surface area contributed by atoms with Crippen LogP contribution in [0.4, 0.5) is 0 Å². The van der Waals surface area contributed by atoms with Gasteiger partial charge in [-0.3, -0.25) is 0 Å². The first-order valence-electron chi connectivity index (χ1n) is 3.77. The summed E-state index contributed by atoms with van der Waals surface area (Å²) in [5.41, 5.74) is 1.28. The zero-order valence-electron chi connectivity index (χ0n) is 7.13. The summed E-state index contributed by atoms with van der Waals surface area (Å²) >= 11 is 3.36. The third-order valence-corrected chi connectivity index (χ3v) is 2.38. The smallest absolute Gasteiger partial charge is 0.177 e. The molecular weight excluding hydrogens is 204 g/mol. The molecule has 0 aliphatic heterocycles. The number of nitrogens with zero attached hydrogens (tertiary/aromatic N) is 2. The molecule has 1 aromatic heterocycles. The highest BCUT2D eigenvalue weighted by molar-refractivity contribution is 9.10. The molecule has 0 unspecified atom stereocenters. The third kappa shape index (κ3) is 2.06. The Morgan fingerprint density at radius 3 is 2.64 bits per heavy atom. The lowest BCUT2D eigenvalue weighted by Gasteiger charge is -2.04. The Balaban J connectivity index is 2.79. The van der Waals surface area contributed by atoms with Gasteiger partial charge >= 0.3 is 0 Å². The van der Waals surface area contributed by atoms with Gasteiger partial charge in [0.1, 0.15) is 0 Å². The van der Waals surface area contributed by atoms with Gasteiger partial charge in [-0.25, -0.2) is 4.98 Å². The van der Waals surface area contributed by atoms with E-state index in [1.54, 1.807) is 0 Å². The lowest BCUT2D eigenvalue weighted by atomic mass is 10.1. The molecule has 0 aliphatic rings. The lowest BCUT2D eigenvalue weighted by Crippen LogP contribution is -2.00. The number of halogens is 1. The van der Waals surface area contributed by atoms with Crippen LogP contribution in [0.3, 0.4) is 0 Å². The largest absolute Gasteiger partial charge is 0.326 e. The summed E-state index contributed by atoms with van der Waals surface area (Å²) in [6, 6.07) is 0. The number of imidazole rings is 1. The van der Waals surface area contributed by atoms with Crippen LogP contribution in [-0.2, 0) is 13.5 Å². The molecule has 0 aliphatic carbocycles. The molecule has 0 amide bonds. The molecule has 0 saturated heterocycles. The minimum absolute atomic E-state index is 0.692. The van der Waals surface area contributed by atoms with Gasteiger partial charge < -0.3 is 4.57 Å². The first-order chi connectivity index (χ1) is 5.11. The van der Waals surface area contributed by atoms with E-state index in [0.717, 1.165) is 11.2 Å². The molecule has 1 rings (SSSR count). The van der Waals surface area contributed by atoms with Crippen molar-refractivity contribution in [3.05, 3.63) is 16.6 Å². The Labute approximate surface area is 75.8 Å². The van der Waals surface area contributed by atoms with Crippen molar-refractivity contribution in [1.82, 2.24) is 9.55 Å². The molecule has 0 saturated carbocycles. The fourth-order valence-corrected chi connectivity index (χ4v) is 1.36. The Hall–Kier alpha value is -0.310. The predicted octanol–water partition coefficient (Wildman–Crippen LogP) is 2.38. The van der Waals surface area contributed by atoms with E-state index in [-0.39, 0.29) is 0 Å². The fraction of sp³-hybridized carbons (Fsp3) is 0.625.